The Morgan fingerprint density at radius 1 is 1.12 bits per heavy atom. The molecule has 0 bridgehead atoms. The minimum Gasteiger partial charge on any atom is -0.462 e. The topological polar surface area (TPSA) is 39.4 Å². The molecule has 0 saturated heterocycles. The molecule has 1 heterocycles. The van der Waals surface area contributed by atoms with Gasteiger partial charge in [-0.15, -0.1) is 0 Å². The first-order chi connectivity index (χ1) is 11.7. The van der Waals surface area contributed by atoms with Crippen LogP contribution in [0.15, 0.2) is 52.9 Å². The predicted molar refractivity (Wildman–Crippen MR) is 93.4 cm³/mol. The van der Waals surface area contributed by atoms with E-state index >= 15 is 0 Å². The van der Waals surface area contributed by atoms with Crippen LogP contribution >= 0.6 is 0 Å². The van der Waals surface area contributed by atoms with Crippen LogP contribution in [0.5, 0.6) is 0 Å². The van der Waals surface area contributed by atoms with Crippen LogP contribution in [-0.4, -0.2) is 12.6 Å². The molecule has 1 aliphatic rings. The van der Waals surface area contributed by atoms with Crippen LogP contribution in [0.3, 0.4) is 0 Å². The standard InChI is InChI=1S/C21H20O3/c1-3-23-21(22)20-13(2)24-19-10-9-15(11-18(19)20)17-12-16(17)14-7-5-4-6-8-14/h4-11,16-17H,3,12H2,1-2H3. The Morgan fingerprint density at radius 2 is 1.88 bits per heavy atom. The van der Waals surface area contributed by atoms with Gasteiger partial charge in [-0.25, -0.2) is 4.79 Å². The van der Waals surface area contributed by atoms with E-state index in [4.69, 9.17) is 9.15 Å². The molecule has 122 valence electrons. The molecule has 4 rings (SSSR count). The lowest BCUT2D eigenvalue weighted by Gasteiger charge is -2.03. The normalized spacial score (nSPS) is 19.4. The molecule has 3 heteroatoms. The number of hydrogen-bond acceptors (Lipinski definition) is 3. The minimum absolute atomic E-state index is 0.304. The van der Waals surface area contributed by atoms with Crippen molar-refractivity contribution >= 4 is 16.9 Å². The highest BCUT2D eigenvalue weighted by Gasteiger charge is 2.39. The second-order valence-electron chi connectivity index (χ2n) is 6.37. The van der Waals surface area contributed by atoms with E-state index < -0.39 is 0 Å². The quantitative estimate of drug-likeness (QED) is 0.621. The van der Waals surface area contributed by atoms with Crippen molar-refractivity contribution in [2.75, 3.05) is 6.61 Å². The number of hydrogen-bond donors (Lipinski definition) is 0. The Kier molecular flexibility index (Phi) is 3.64. The maximum Gasteiger partial charge on any atom is 0.342 e. The number of carbonyl (C=O) groups excluding carboxylic acids is 1. The summed E-state index contributed by atoms with van der Waals surface area (Å²) in [7, 11) is 0. The molecule has 0 N–H and O–H groups in total. The minimum atomic E-state index is -0.304. The molecule has 2 atom stereocenters. The van der Waals surface area contributed by atoms with E-state index in [9.17, 15) is 4.79 Å². The third-order valence-corrected chi connectivity index (χ3v) is 4.81. The van der Waals surface area contributed by atoms with Crippen molar-refractivity contribution in [3.8, 4) is 0 Å². The van der Waals surface area contributed by atoms with Crippen molar-refractivity contribution in [1.82, 2.24) is 0 Å². The lowest BCUT2D eigenvalue weighted by Crippen LogP contribution is -2.05. The average molecular weight is 320 g/mol. The van der Waals surface area contributed by atoms with Gasteiger partial charge in [-0.1, -0.05) is 36.4 Å². The molecule has 1 fully saturated rings. The molecule has 1 aromatic heterocycles. The number of ether oxygens (including phenoxy) is 1. The van der Waals surface area contributed by atoms with Gasteiger partial charge >= 0.3 is 5.97 Å². The van der Waals surface area contributed by atoms with Crippen molar-refractivity contribution in [1.29, 1.82) is 0 Å². The maximum atomic E-state index is 12.2. The number of carbonyl (C=O) groups is 1. The monoisotopic (exact) mass is 320 g/mol. The molecular formula is C21H20O3. The second kappa shape index (κ2) is 5.82. The largest absolute Gasteiger partial charge is 0.462 e. The van der Waals surface area contributed by atoms with Gasteiger partial charge in [0.15, 0.2) is 0 Å². The smallest absolute Gasteiger partial charge is 0.342 e. The summed E-state index contributed by atoms with van der Waals surface area (Å²) in [6.07, 6.45) is 1.15. The summed E-state index contributed by atoms with van der Waals surface area (Å²) >= 11 is 0. The molecule has 3 nitrogen and oxygen atoms in total. The fourth-order valence-electron chi connectivity index (χ4n) is 3.56. The summed E-state index contributed by atoms with van der Waals surface area (Å²) in [5.41, 5.74) is 3.96. The fraction of sp³-hybridized carbons (Fsp3) is 0.286. The van der Waals surface area contributed by atoms with Crippen LogP contribution in [0.2, 0.25) is 0 Å². The number of benzene rings is 2. The Morgan fingerprint density at radius 3 is 2.62 bits per heavy atom. The summed E-state index contributed by atoms with van der Waals surface area (Å²) in [6.45, 7) is 3.99. The molecule has 1 saturated carbocycles. The molecule has 3 aromatic rings. The van der Waals surface area contributed by atoms with Crippen LogP contribution in [0.25, 0.3) is 11.0 Å². The Bertz CT molecular complexity index is 892. The van der Waals surface area contributed by atoms with Crippen LogP contribution in [0.1, 0.15) is 52.4 Å². The average Bonchev–Trinajstić information content (AvgIpc) is 3.32. The zero-order valence-electron chi connectivity index (χ0n) is 13.9. The van der Waals surface area contributed by atoms with Crippen molar-refractivity contribution < 1.29 is 13.9 Å². The van der Waals surface area contributed by atoms with Gasteiger partial charge in [0.1, 0.15) is 16.9 Å². The van der Waals surface area contributed by atoms with Gasteiger partial charge in [-0.05, 0) is 55.4 Å². The second-order valence-corrected chi connectivity index (χ2v) is 6.37. The third kappa shape index (κ3) is 2.50. The van der Waals surface area contributed by atoms with Crippen molar-refractivity contribution in [2.24, 2.45) is 0 Å². The lowest BCUT2D eigenvalue weighted by atomic mass is 10.0. The Hall–Kier alpha value is -2.55. The van der Waals surface area contributed by atoms with E-state index in [1.807, 2.05) is 26.0 Å². The van der Waals surface area contributed by atoms with Gasteiger partial charge in [0, 0.05) is 5.39 Å². The van der Waals surface area contributed by atoms with E-state index in [2.05, 4.69) is 36.4 Å². The van der Waals surface area contributed by atoms with Crippen LogP contribution in [-0.2, 0) is 4.74 Å². The van der Waals surface area contributed by atoms with Gasteiger partial charge in [-0.3, -0.25) is 0 Å². The molecule has 2 aromatic carbocycles. The molecule has 24 heavy (non-hydrogen) atoms. The number of fused-ring (bicyclic) bond motifs is 1. The number of furan rings is 1. The highest BCUT2D eigenvalue weighted by Crippen LogP contribution is 2.55. The predicted octanol–water partition coefficient (Wildman–Crippen LogP) is 5.19. The highest BCUT2D eigenvalue weighted by molar-refractivity contribution is 6.04. The van der Waals surface area contributed by atoms with Gasteiger partial charge < -0.3 is 9.15 Å². The van der Waals surface area contributed by atoms with Crippen molar-refractivity contribution in [2.45, 2.75) is 32.1 Å². The molecule has 1 aliphatic carbocycles. The zero-order valence-corrected chi connectivity index (χ0v) is 13.9. The van der Waals surface area contributed by atoms with Gasteiger partial charge in [0.05, 0.1) is 6.61 Å². The van der Waals surface area contributed by atoms with Crippen molar-refractivity contribution in [3.05, 3.63) is 71.0 Å². The van der Waals surface area contributed by atoms with Gasteiger partial charge in [0.25, 0.3) is 0 Å². The third-order valence-electron chi connectivity index (χ3n) is 4.81. The summed E-state index contributed by atoms with van der Waals surface area (Å²) in [4.78, 5) is 12.2. The van der Waals surface area contributed by atoms with E-state index in [1.54, 1.807) is 0 Å². The molecule has 2 unspecified atom stereocenters. The van der Waals surface area contributed by atoms with E-state index in [0.717, 1.165) is 17.4 Å². The first-order valence-electron chi connectivity index (χ1n) is 8.44. The zero-order chi connectivity index (χ0) is 16.7. The SMILES string of the molecule is CCOC(=O)c1c(C)oc2ccc(C3CC3c3ccccc3)cc12. The fourth-order valence-corrected chi connectivity index (χ4v) is 3.56. The first-order valence-corrected chi connectivity index (χ1v) is 8.44. The number of esters is 1. The molecule has 0 aliphatic heterocycles. The number of aryl methyl sites for hydroxylation is 1. The van der Waals surface area contributed by atoms with Gasteiger partial charge in [-0.2, -0.15) is 0 Å². The molecular weight excluding hydrogens is 300 g/mol. The highest BCUT2D eigenvalue weighted by atomic mass is 16.5. The maximum absolute atomic E-state index is 12.2. The van der Waals surface area contributed by atoms with Crippen LogP contribution in [0.4, 0.5) is 0 Å². The van der Waals surface area contributed by atoms with Crippen LogP contribution < -0.4 is 0 Å². The van der Waals surface area contributed by atoms with E-state index in [1.165, 1.54) is 11.1 Å². The van der Waals surface area contributed by atoms with Crippen LogP contribution in [0, 0.1) is 6.92 Å². The van der Waals surface area contributed by atoms with Gasteiger partial charge in [0.2, 0.25) is 0 Å². The first kappa shape index (κ1) is 15.0. The van der Waals surface area contributed by atoms with Crippen molar-refractivity contribution in [3.63, 3.8) is 0 Å². The summed E-state index contributed by atoms with van der Waals surface area (Å²) in [5, 5.41) is 0.863. The van der Waals surface area contributed by atoms with E-state index in [0.29, 0.717) is 29.8 Å². The molecule has 0 amide bonds. The Labute approximate surface area is 141 Å². The summed E-state index contributed by atoms with van der Waals surface area (Å²) < 4.78 is 10.9. The van der Waals surface area contributed by atoms with E-state index in [-0.39, 0.29) is 5.97 Å². The summed E-state index contributed by atoms with van der Waals surface area (Å²) in [5.74, 6) is 1.40. The Balaban J connectivity index is 1.69. The lowest BCUT2D eigenvalue weighted by molar-refractivity contribution is 0.0526. The number of rotatable bonds is 4. The summed E-state index contributed by atoms with van der Waals surface area (Å²) in [6, 6.07) is 16.8. The molecule has 0 spiro atoms. The molecule has 0 radical (unpaired) electrons.